The number of aliphatic hydroxyl groups is 1. The molecule has 0 aromatic rings. The first kappa shape index (κ1) is 12.9. The molecular formula is C10H21NO3S. The van der Waals surface area contributed by atoms with Crippen LogP contribution in [0.25, 0.3) is 0 Å². The Morgan fingerprint density at radius 3 is 2.33 bits per heavy atom. The van der Waals surface area contributed by atoms with Gasteiger partial charge in [-0.15, -0.1) is 0 Å². The Hall–Kier alpha value is -0.130. The van der Waals surface area contributed by atoms with Gasteiger partial charge in [0, 0.05) is 18.3 Å². The maximum absolute atomic E-state index is 11.0. The molecular weight excluding hydrogens is 214 g/mol. The van der Waals surface area contributed by atoms with E-state index in [0.29, 0.717) is 6.54 Å². The summed E-state index contributed by atoms with van der Waals surface area (Å²) >= 11 is 0. The van der Waals surface area contributed by atoms with E-state index in [-0.39, 0.29) is 17.9 Å². The maximum atomic E-state index is 11.0. The first-order valence-electron chi connectivity index (χ1n) is 5.51. The molecule has 1 aliphatic rings. The minimum absolute atomic E-state index is 0.108. The van der Waals surface area contributed by atoms with Gasteiger partial charge in [0.05, 0.1) is 12.4 Å². The standard InChI is InChI=1S/C10H21NO3S/c1-15(13,14)8-7-11-10(9-12)5-3-2-4-6-10/h11-12H,2-9H2,1H3. The van der Waals surface area contributed by atoms with Gasteiger partial charge in [0.2, 0.25) is 0 Å². The number of sulfone groups is 1. The minimum atomic E-state index is -2.90. The number of hydrogen-bond acceptors (Lipinski definition) is 4. The topological polar surface area (TPSA) is 66.4 Å². The molecule has 2 N–H and O–H groups in total. The lowest BCUT2D eigenvalue weighted by molar-refractivity contribution is 0.123. The van der Waals surface area contributed by atoms with Crippen molar-refractivity contribution in [2.24, 2.45) is 0 Å². The Morgan fingerprint density at radius 1 is 1.27 bits per heavy atom. The molecule has 0 aromatic carbocycles. The van der Waals surface area contributed by atoms with Gasteiger partial charge in [-0.1, -0.05) is 19.3 Å². The van der Waals surface area contributed by atoms with Gasteiger partial charge in [-0.3, -0.25) is 0 Å². The lowest BCUT2D eigenvalue weighted by atomic mass is 9.82. The summed E-state index contributed by atoms with van der Waals surface area (Å²) in [6.07, 6.45) is 6.59. The number of nitrogens with one attached hydrogen (secondary N) is 1. The summed E-state index contributed by atoms with van der Waals surface area (Å²) in [7, 11) is -2.90. The summed E-state index contributed by atoms with van der Waals surface area (Å²) in [6, 6.07) is 0. The highest BCUT2D eigenvalue weighted by Gasteiger charge is 2.30. The lowest BCUT2D eigenvalue weighted by Crippen LogP contribution is -2.51. The van der Waals surface area contributed by atoms with Crippen LogP contribution in [0.4, 0.5) is 0 Å². The predicted octanol–water partition coefficient (Wildman–Crippen LogP) is 0.316. The molecule has 0 aliphatic heterocycles. The van der Waals surface area contributed by atoms with Crippen molar-refractivity contribution in [2.75, 3.05) is 25.2 Å². The third-order valence-electron chi connectivity index (χ3n) is 3.09. The van der Waals surface area contributed by atoms with E-state index in [9.17, 15) is 13.5 Å². The van der Waals surface area contributed by atoms with Crippen molar-refractivity contribution >= 4 is 9.84 Å². The molecule has 15 heavy (non-hydrogen) atoms. The zero-order valence-electron chi connectivity index (χ0n) is 9.33. The summed E-state index contributed by atoms with van der Waals surface area (Å²) in [4.78, 5) is 0. The molecule has 1 aliphatic carbocycles. The van der Waals surface area contributed by atoms with Crippen molar-refractivity contribution in [2.45, 2.75) is 37.6 Å². The smallest absolute Gasteiger partial charge is 0.148 e. The average Bonchev–Trinajstić information content (AvgIpc) is 2.17. The molecule has 0 aromatic heterocycles. The van der Waals surface area contributed by atoms with E-state index < -0.39 is 9.84 Å². The van der Waals surface area contributed by atoms with Crippen LogP contribution in [0, 0.1) is 0 Å². The van der Waals surface area contributed by atoms with Crippen LogP contribution in [0.15, 0.2) is 0 Å². The van der Waals surface area contributed by atoms with Crippen LogP contribution in [0.1, 0.15) is 32.1 Å². The van der Waals surface area contributed by atoms with Crippen molar-refractivity contribution in [3.05, 3.63) is 0 Å². The largest absolute Gasteiger partial charge is 0.394 e. The average molecular weight is 235 g/mol. The molecule has 0 unspecified atom stereocenters. The van der Waals surface area contributed by atoms with E-state index in [4.69, 9.17) is 0 Å². The van der Waals surface area contributed by atoms with Crippen LogP contribution < -0.4 is 5.32 Å². The number of hydrogen-bond donors (Lipinski definition) is 2. The normalized spacial score (nSPS) is 21.5. The number of rotatable bonds is 5. The first-order valence-corrected chi connectivity index (χ1v) is 7.57. The molecule has 0 saturated heterocycles. The van der Waals surface area contributed by atoms with Crippen molar-refractivity contribution < 1.29 is 13.5 Å². The zero-order valence-corrected chi connectivity index (χ0v) is 10.1. The third kappa shape index (κ3) is 4.49. The molecule has 4 nitrogen and oxygen atoms in total. The number of aliphatic hydroxyl groups excluding tert-OH is 1. The maximum Gasteiger partial charge on any atom is 0.148 e. The van der Waals surface area contributed by atoms with Crippen LogP contribution in [0.5, 0.6) is 0 Å². The molecule has 0 atom stereocenters. The third-order valence-corrected chi connectivity index (χ3v) is 4.03. The van der Waals surface area contributed by atoms with E-state index in [1.165, 1.54) is 12.7 Å². The quantitative estimate of drug-likeness (QED) is 0.720. The van der Waals surface area contributed by atoms with E-state index in [1.807, 2.05) is 0 Å². The van der Waals surface area contributed by atoms with Crippen LogP contribution in [-0.4, -0.2) is 44.2 Å². The molecule has 1 saturated carbocycles. The SMILES string of the molecule is CS(=O)(=O)CCNC1(CO)CCCCC1. The monoisotopic (exact) mass is 235 g/mol. The highest BCUT2D eigenvalue weighted by molar-refractivity contribution is 7.90. The Kier molecular flexibility index (Phi) is 4.55. The first-order chi connectivity index (χ1) is 6.97. The molecule has 0 amide bonds. The Morgan fingerprint density at radius 2 is 1.87 bits per heavy atom. The zero-order chi connectivity index (χ0) is 11.4. The summed E-state index contributed by atoms with van der Waals surface area (Å²) < 4.78 is 21.9. The fraction of sp³-hybridized carbons (Fsp3) is 1.00. The van der Waals surface area contributed by atoms with Gasteiger partial charge in [0.15, 0.2) is 0 Å². The predicted molar refractivity (Wildman–Crippen MR) is 60.6 cm³/mol. The second-order valence-electron chi connectivity index (χ2n) is 4.56. The van der Waals surface area contributed by atoms with Crippen molar-refractivity contribution in [3.8, 4) is 0 Å². The van der Waals surface area contributed by atoms with Gasteiger partial charge in [-0.05, 0) is 12.8 Å². The molecule has 90 valence electrons. The lowest BCUT2D eigenvalue weighted by Gasteiger charge is -2.36. The molecule has 0 spiro atoms. The van der Waals surface area contributed by atoms with Crippen molar-refractivity contribution in [1.82, 2.24) is 5.32 Å². The van der Waals surface area contributed by atoms with Gasteiger partial charge >= 0.3 is 0 Å². The summed E-state index contributed by atoms with van der Waals surface area (Å²) in [5.41, 5.74) is -0.219. The van der Waals surface area contributed by atoms with Crippen molar-refractivity contribution in [1.29, 1.82) is 0 Å². The van der Waals surface area contributed by atoms with E-state index in [1.54, 1.807) is 0 Å². The molecule has 0 bridgehead atoms. The van der Waals surface area contributed by atoms with Gasteiger partial charge in [0.1, 0.15) is 9.84 Å². The van der Waals surface area contributed by atoms with E-state index >= 15 is 0 Å². The second-order valence-corrected chi connectivity index (χ2v) is 6.82. The van der Waals surface area contributed by atoms with E-state index in [0.717, 1.165) is 25.7 Å². The Balaban J connectivity index is 2.39. The van der Waals surface area contributed by atoms with Gasteiger partial charge in [-0.25, -0.2) is 8.42 Å². The van der Waals surface area contributed by atoms with E-state index in [2.05, 4.69) is 5.32 Å². The highest BCUT2D eigenvalue weighted by atomic mass is 32.2. The van der Waals surface area contributed by atoms with Crippen LogP contribution in [0.2, 0.25) is 0 Å². The molecule has 1 fully saturated rings. The Labute approximate surface area is 92.0 Å². The Bertz CT molecular complexity index is 281. The van der Waals surface area contributed by atoms with Gasteiger partial charge in [-0.2, -0.15) is 0 Å². The van der Waals surface area contributed by atoms with Crippen LogP contribution in [-0.2, 0) is 9.84 Å². The van der Waals surface area contributed by atoms with Gasteiger partial charge in [0.25, 0.3) is 0 Å². The molecule has 0 radical (unpaired) electrons. The van der Waals surface area contributed by atoms with Crippen molar-refractivity contribution in [3.63, 3.8) is 0 Å². The fourth-order valence-corrected chi connectivity index (χ4v) is 2.59. The summed E-state index contributed by atoms with van der Waals surface area (Å²) in [5, 5.41) is 12.6. The fourth-order valence-electron chi connectivity index (χ4n) is 2.12. The molecule has 1 rings (SSSR count). The van der Waals surface area contributed by atoms with Gasteiger partial charge < -0.3 is 10.4 Å². The summed E-state index contributed by atoms with van der Waals surface area (Å²) in [6.45, 7) is 0.552. The van der Waals surface area contributed by atoms with Crippen LogP contribution >= 0.6 is 0 Å². The molecule has 5 heteroatoms. The molecule has 0 heterocycles. The summed E-state index contributed by atoms with van der Waals surface area (Å²) in [5.74, 6) is 0.148. The second kappa shape index (κ2) is 5.27. The van der Waals surface area contributed by atoms with Crippen LogP contribution in [0.3, 0.4) is 0 Å². The highest BCUT2D eigenvalue weighted by Crippen LogP contribution is 2.27. The minimum Gasteiger partial charge on any atom is -0.394 e.